The predicted octanol–water partition coefficient (Wildman–Crippen LogP) is 2.74. The van der Waals surface area contributed by atoms with Gasteiger partial charge in [0.15, 0.2) is 0 Å². The Bertz CT molecular complexity index is 808. The largest absolute Gasteiger partial charge is 0.464 e. The van der Waals surface area contributed by atoms with E-state index in [9.17, 15) is 4.79 Å². The van der Waals surface area contributed by atoms with E-state index >= 15 is 0 Å². The van der Waals surface area contributed by atoms with E-state index < -0.39 is 5.97 Å². The molecule has 0 saturated carbocycles. The SMILES string of the molecule is CCOC(=O)C1=CN(CC)C(=S)C2=COc3ccccc3C2=C1N. The van der Waals surface area contributed by atoms with E-state index in [-0.39, 0.29) is 6.61 Å². The van der Waals surface area contributed by atoms with Gasteiger partial charge in [0.1, 0.15) is 17.0 Å². The minimum Gasteiger partial charge on any atom is -0.464 e. The average Bonchev–Trinajstić information content (AvgIpc) is 2.71. The quantitative estimate of drug-likeness (QED) is 0.673. The van der Waals surface area contributed by atoms with E-state index in [0.29, 0.717) is 39.7 Å². The van der Waals surface area contributed by atoms with Crippen molar-refractivity contribution < 1.29 is 14.3 Å². The zero-order chi connectivity index (χ0) is 17.3. The van der Waals surface area contributed by atoms with Crippen molar-refractivity contribution in [1.82, 2.24) is 4.90 Å². The molecule has 2 heterocycles. The summed E-state index contributed by atoms with van der Waals surface area (Å²) in [5.74, 6) is 0.212. The summed E-state index contributed by atoms with van der Waals surface area (Å²) in [5, 5.41) is 0. The van der Waals surface area contributed by atoms with Crippen LogP contribution in [0.15, 0.2) is 53.6 Å². The van der Waals surface area contributed by atoms with E-state index in [4.69, 9.17) is 27.4 Å². The van der Waals surface area contributed by atoms with Gasteiger partial charge in [-0.2, -0.15) is 0 Å². The number of likely N-dealkylation sites (N-methyl/N-ethyl adjacent to an activating group) is 1. The number of hydrogen-bond donors (Lipinski definition) is 1. The van der Waals surface area contributed by atoms with Crippen molar-refractivity contribution in [3.05, 3.63) is 59.1 Å². The molecule has 2 aliphatic rings. The zero-order valence-corrected chi connectivity index (χ0v) is 14.4. The first-order valence-electron chi connectivity index (χ1n) is 7.75. The summed E-state index contributed by atoms with van der Waals surface area (Å²) in [5.41, 5.74) is 9.24. The fraction of sp³-hybridized carbons (Fsp3) is 0.222. The molecule has 3 rings (SSSR count). The zero-order valence-electron chi connectivity index (χ0n) is 13.5. The first-order valence-corrected chi connectivity index (χ1v) is 8.15. The number of thiocarbonyl (C=S) groups is 1. The summed E-state index contributed by atoms with van der Waals surface area (Å²) in [7, 11) is 0. The van der Waals surface area contributed by atoms with Crippen molar-refractivity contribution in [2.75, 3.05) is 13.2 Å². The molecule has 1 aromatic carbocycles. The standard InChI is InChI=1S/C18H18N2O3S/c1-3-20-9-12(18(21)22-4-2)16(19)15-11-7-5-6-8-14(11)23-10-13(15)17(20)24/h5-10H,3-4,19H2,1-2H3. The Morgan fingerprint density at radius 2 is 2.08 bits per heavy atom. The number of ether oxygens (including phenoxy) is 2. The average molecular weight is 342 g/mol. The van der Waals surface area contributed by atoms with Gasteiger partial charge >= 0.3 is 5.97 Å². The Hall–Kier alpha value is -2.60. The first-order chi connectivity index (χ1) is 11.6. The van der Waals surface area contributed by atoms with Crippen molar-refractivity contribution in [2.24, 2.45) is 5.73 Å². The smallest absolute Gasteiger partial charge is 0.341 e. The second-order valence-corrected chi connectivity index (χ2v) is 5.68. The normalized spacial score (nSPS) is 16.4. The molecule has 5 nitrogen and oxygen atoms in total. The van der Waals surface area contributed by atoms with Crippen LogP contribution in [-0.4, -0.2) is 29.0 Å². The van der Waals surface area contributed by atoms with Crippen LogP contribution < -0.4 is 10.5 Å². The number of benzene rings is 1. The van der Waals surface area contributed by atoms with Crippen LogP contribution in [0.2, 0.25) is 0 Å². The molecular formula is C18H18N2O3S. The van der Waals surface area contributed by atoms with Gasteiger partial charge in [-0.1, -0.05) is 30.4 Å². The van der Waals surface area contributed by atoms with Crippen LogP contribution in [0.5, 0.6) is 5.75 Å². The number of esters is 1. The molecule has 0 aromatic heterocycles. The Kier molecular flexibility index (Phi) is 4.40. The molecule has 1 aromatic rings. The molecule has 0 bridgehead atoms. The molecule has 0 aliphatic carbocycles. The van der Waals surface area contributed by atoms with Crippen molar-refractivity contribution in [2.45, 2.75) is 13.8 Å². The van der Waals surface area contributed by atoms with Gasteiger partial charge in [0.05, 0.1) is 23.5 Å². The lowest BCUT2D eigenvalue weighted by Gasteiger charge is -2.24. The van der Waals surface area contributed by atoms with Crippen LogP contribution in [0.4, 0.5) is 0 Å². The van der Waals surface area contributed by atoms with Gasteiger partial charge in [0.2, 0.25) is 0 Å². The summed E-state index contributed by atoms with van der Waals surface area (Å²) >= 11 is 5.59. The summed E-state index contributed by atoms with van der Waals surface area (Å²) in [4.78, 5) is 14.7. The van der Waals surface area contributed by atoms with Crippen LogP contribution >= 0.6 is 12.2 Å². The van der Waals surface area contributed by atoms with Crippen LogP contribution in [0, 0.1) is 0 Å². The summed E-state index contributed by atoms with van der Waals surface area (Å²) in [6.45, 7) is 4.58. The highest BCUT2D eigenvalue weighted by molar-refractivity contribution is 7.80. The van der Waals surface area contributed by atoms with E-state index in [1.165, 1.54) is 0 Å². The third-order valence-electron chi connectivity index (χ3n) is 3.90. The number of nitrogens with zero attached hydrogens (tertiary/aromatic N) is 1. The number of rotatable bonds is 3. The lowest BCUT2D eigenvalue weighted by molar-refractivity contribution is -0.138. The molecule has 6 heteroatoms. The fourth-order valence-electron chi connectivity index (χ4n) is 2.73. The Balaban J connectivity index is 2.24. The van der Waals surface area contributed by atoms with Crippen molar-refractivity contribution in [1.29, 1.82) is 0 Å². The number of carbonyl (C=O) groups is 1. The van der Waals surface area contributed by atoms with Crippen LogP contribution in [-0.2, 0) is 9.53 Å². The third-order valence-corrected chi connectivity index (χ3v) is 4.36. The maximum Gasteiger partial charge on any atom is 0.341 e. The number of carbonyl (C=O) groups excluding carboxylic acids is 1. The van der Waals surface area contributed by atoms with Crippen molar-refractivity contribution >= 4 is 28.7 Å². The topological polar surface area (TPSA) is 64.8 Å². The van der Waals surface area contributed by atoms with E-state index in [0.717, 1.165) is 5.56 Å². The van der Waals surface area contributed by atoms with Crippen LogP contribution in [0.25, 0.3) is 5.57 Å². The second-order valence-electron chi connectivity index (χ2n) is 5.29. The fourth-order valence-corrected chi connectivity index (χ4v) is 3.06. The van der Waals surface area contributed by atoms with Crippen molar-refractivity contribution in [3.63, 3.8) is 0 Å². The monoisotopic (exact) mass is 342 g/mol. The molecule has 124 valence electrons. The molecule has 2 aliphatic heterocycles. The predicted molar refractivity (Wildman–Crippen MR) is 96.0 cm³/mol. The van der Waals surface area contributed by atoms with Crippen LogP contribution in [0.3, 0.4) is 0 Å². The summed E-state index contributed by atoms with van der Waals surface area (Å²) < 4.78 is 10.9. The summed E-state index contributed by atoms with van der Waals surface area (Å²) in [6.07, 6.45) is 3.25. The molecule has 0 radical (unpaired) electrons. The van der Waals surface area contributed by atoms with Gasteiger partial charge in [-0.25, -0.2) is 4.79 Å². The van der Waals surface area contributed by atoms with E-state index in [1.54, 1.807) is 24.3 Å². The minimum atomic E-state index is -0.464. The van der Waals surface area contributed by atoms with Gasteiger partial charge in [-0.3, -0.25) is 0 Å². The number of para-hydroxylation sites is 1. The number of hydrogen-bond acceptors (Lipinski definition) is 5. The minimum absolute atomic E-state index is 0.276. The molecule has 0 saturated heterocycles. The maximum atomic E-state index is 12.4. The molecule has 0 fully saturated rings. The second kappa shape index (κ2) is 6.49. The highest BCUT2D eigenvalue weighted by Gasteiger charge is 2.32. The Labute approximate surface area is 146 Å². The third kappa shape index (κ3) is 2.59. The van der Waals surface area contributed by atoms with E-state index in [2.05, 4.69) is 0 Å². The van der Waals surface area contributed by atoms with Gasteiger partial charge in [0.25, 0.3) is 0 Å². The first kappa shape index (κ1) is 16.3. The maximum absolute atomic E-state index is 12.4. The molecule has 24 heavy (non-hydrogen) atoms. The Morgan fingerprint density at radius 3 is 2.79 bits per heavy atom. The molecule has 0 atom stereocenters. The van der Waals surface area contributed by atoms with Gasteiger partial charge in [-0.15, -0.1) is 0 Å². The summed E-state index contributed by atoms with van der Waals surface area (Å²) in [6, 6.07) is 7.52. The molecule has 2 N–H and O–H groups in total. The van der Waals surface area contributed by atoms with Gasteiger partial charge in [-0.05, 0) is 19.9 Å². The molecule has 0 amide bonds. The van der Waals surface area contributed by atoms with E-state index in [1.807, 2.05) is 31.2 Å². The van der Waals surface area contributed by atoms with Gasteiger partial charge in [0, 0.05) is 23.9 Å². The molecular weight excluding hydrogens is 324 g/mol. The number of fused-ring (bicyclic) bond motifs is 3. The van der Waals surface area contributed by atoms with Crippen molar-refractivity contribution in [3.8, 4) is 5.75 Å². The lowest BCUT2D eigenvalue weighted by atomic mass is 9.92. The van der Waals surface area contributed by atoms with Crippen LogP contribution in [0.1, 0.15) is 19.4 Å². The molecule has 0 unspecified atom stereocenters. The Morgan fingerprint density at radius 1 is 1.33 bits per heavy atom. The number of nitrogens with two attached hydrogens (primary N) is 1. The highest BCUT2D eigenvalue weighted by atomic mass is 32.1. The lowest BCUT2D eigenvalue weighted by Crippen LogP contribution is -2.26. The van der Waals surface area contributed by atoms with Gasteiger partial charge < -0.3 is 20.1 Å². The molecule has 0 spiro atoms. The highest BCUT2D eigenvalue weighted by Crippen LogP contribution is 2.40.